The molecule has 2 amide bonds. The molecular weight excluding hydrogens is 352 g/mol. The molecule has 148 valence electrons. The number of nitrogens with one attached hydrogen (secondary N) is 1. The van der Waals surface area contributed by atoms with Gasteiger partial charge in [-0.15, -0.1) is 0 Å². The molecule has 6 heteroatoms. The van der Waals surface area contributed by atoms with Gasteiger partial charge in [-0.1, -0.05) is 19.1 Å². The van der Waals surface area contributed by atoms with Gasteiger partial charge in [0.25, 0.3) is 11.8 Å². The fourth-order valence-corrected chi connectivity index (χ4v) is 3.43. The van der Waals surface area contributed by atoms with Crippen LogP contribution in [-0.4, -0.2) is 54.4 Å². The molecule has 1 saturated heterocycles. The molecule has 0 atom stereocenters. The van der Waals surface area contributed by atoms with Crippen molar-refractivity contribution < 1.29 is 9.59 Å². The van der Waals surface area contributed by atoms with Crippen LogP contribution in [-0.2, 0) is 0 Å². The Morgan fingerprint density at radius 1 is 1.11 bits per heavy atom. The van der Waals surface area contributed by atoms with Crippen molar-refractivity contribution in [3.63, 3.8) is 0 Å². The van der Waals surface area contributed by atoms with Gasteiger partial charge in [0.05, 0.1) is 0 Å². The molecule has 1 fully saturated rings. The molecule has 0 saturated carbocycles. The lowest BCUT2D eigenvalue weighted by Crippen LogP contribution is -2.49. The fourth-order valence-electron chi connectivity index (χ4n) is 3.43. The van der Waals surface area contributed by atoms with Crippen molar-refractivity contribution in [2.45, 2.75) is 27.2 Å². The number of anilines is 1. The van der Waals surface area contributed by atoms with Crippen LogP contribution < -0.4 is 10.2 Å². The van der Waals surface area contributed by atoms with Crippen LogP contribution in [0.4, 0.5) is 5.69 Å². The maximum Gasteiger partial charge on any atom is 0.269 e. The van der Waals surface area contributed by atoms with Gasteiger partial charge in [-0.2, -0.15) is 0 Å². The largest absolute Gasteiger partial charge is 0.368 e. The quantitative estimate of drug-likeness (QED) is 0.866. The second-order valence-corrected chi connectivity index (χ2v) is 7.18. The molecule has 6 nitrogen and oxygen atoms in total. The van der Waals surface area contributed by atoms with E-state index in [1.165, 1.54) is 23.0 Å². The Balaban J connectivity index is 1.65. The van der Waals surface area contributed by atoms with E-state index in [2.05, 4.69) is 47.2 Å². The number of carbonyl (C=O) groups is 2. The van der Waals surface area contributed by atoms with Crippen molar-refractivity contribution in [2.75, 3.05) is 37.6 Å². The van der Waals surface area contributed by atoms with E-state index in [9.17, 15) is 9.59 Å². The SMILES string of the molecule is CCCNC(=O)c1cc(C(=O)N2CCN(c3cccc(C)c3C)CC2)ccn1. The maximum atomic E-state index is 12.9. The Morgan fingerprint density at radius 2 is 1.86 bits per heavy atom. The summed E-state index contributed by atoms with van der Waals surface area (Å²) in [6.45, 7) is 9.76. The van der Waals surface area contributed by atoms with E-state index in [1.807, 2.05) is 11.8 Å². The Bertz CT molecular complexity index is 857. The molecule has 2 heterocycles. The number of nitrogens with zero attached hydrogens (tertiary/aromatic N) is 3. The lowest BCUT2D eigenvalue weighted by atomic mass is 10.1. The zero-order valence-corrected chi connectivity index (χ0v) is 16.9. The monoisotopic (exact) mass is 380 g/mol. The Kier molecular flexibility index (Phi) is 6.29. The number of benzene rings is 1. The minimum atomic E-state index is -0.240. The van der Waals surface area contributed by atoms with Crippen molar-refractivity contribution in [3.05, 3.63) is 58.9 Å². The zero-order valence-electron chi connectivity index (χ0n) is 16.9. The summed E-state index contributed by atoms with van der Waals surface area (Å²) in [5.41, 5.74) is 4.61. The molecule has 0 bridgehead atoms. The second-order valence-electron chi connectivity index (χ2n) is 7.18. The summed E-state index contributed by atoms with van der Waals surface area (Å²) < 4.78 is 0. The van der Waals surface area contributed by atoms with E-state index in [0.717, 1.165) is 19.5 Å². The van der Waals surface area contributed by atoms with Gasteiger partial charge in [0, 0.05) is 50.2 Å². The summed E-state index contributed by atoms with van der Waals surface area (Å²) in [6, 6.07) is 9.61. The minimum absolute atomic E-state index is 0.0486. The molecular formula is C22H28N4O2. The molecule has 1 aliphatic heterocycles. The molecule has 0 unspecified atom stereocenters. The van der Waals surface area contributed by atoms with Crippen molar-refractivity contribution in [1.29, 1.82) is 0 Å². The van der Waals surface area contributed by atoms with Crippen LogP contribution in [0.15, 0.2) is 36.5 Å². The molecule has 28 heavy (non-hydrogen) atoms. The smallest absolute Gasteiger partial charge is 0.269 e. The number of hydrogen-bond acceptors (Lipinski definition) is 4. The van der Waals surface area contributed by atoms with Gasteiger partial charge in [-0.3, -0.25) is 14.6 Å². The Labute approximate surface area is 166 Å². The standard InChI is InChI=1S/C22H28N4O2/c1-4-9-24-21(27)19-15-18(8-10-23-19)22(28)26-13-11-25(12-14-26)20-7-5-6-16(2)17(20)3/h5-8,10,15H,4,9,11-14H2,1-3H3,(H,24,27). The van der Waals surface area contributed by atoms with E-state index in [4.69, 9.17) is 0 Å². The molecule has 1 aromatic carbocycles. The summed E-state index contributed by atoms with van der Waals surface area (Å²) in [6.07, 6.45) is 2.38. The highest BCUT2D eigenvalue weighted by molar-refractivity contribution is 5.98. The third-order valence-corrected chi connectivity index (χ3v) is 5.26. The summed E-state index contributed by atoms with van der Waals surface area (Å²) in [5, 5.41) is 2.80. The summed E-state index contributed by atoms with van der Waals surface area (Å²) in [4.78, 5) is 33.3. The normalized spacial score (nSPS) is 14.1. The number of carbonyl (C=O) groups excluding carboxylic acids is 2. The molecule has 1 aliphatic rings. The second kappa shape index (κ2) is 8.87. The van der Waals surface area contributed by atoms with Crippen molar-refractivity contribution in [1.82, 2.24) is 15.2 Å². The van der Waals surface area contributed by atoms with Gasteiger partial charge in [-0.05, 0) is 49.6 Å². The lowest BCUT2D eigenvalue weighted by molar-refractivity contribution is 0.0746. The van der Waals surface area contributed by atoms with Crippen LogP contribution in [0.5, 0.6) is 0 Å². The number of hydrogen-bond donors (Lipinski definition) is 1. The predicted octanol–water partition coefficient (Wildman–Crippen LogP) is 2.80. The van der Waals surface area contributed by atoms with Gasteiger partial charge < -0.3 is 15.1 Å². The summed E-state index contributed by atoms with van der Waals surface area (Å²) in [5.74, 6) is -0.288. The lowest BCUT2D eigenvalue weighted by Gasteiger charge is -2.37. The van der Waals surface area contributed by atoms with E-state index < -0.39 is 0 Å². The molecule has 1 N–H and O–H groups in total. The maximum absolute atomic E-state index is 12.9. The minimum Gasteiger partial charge on any atom is -0.368 e. The third kappa shape index (κ3) is 4.32. The van der Waals surface area contributed by atoms with Gasteiger partial charge in [-0.25, -0.2) is 0 Å². The van der Waals surface area contributed by atoms with Crippen molar-refractivity contribution in [2.24, 2.45) is 0 Å². The molecule has 2 aromatic rings. The molecule has 1 aromatic heterocycles. The highest BCUT2D eigenvalue weighted by atomic mass is 16.2. The molecule has 0 aliphatic carbocycles. The Hall–Kier alpha value is -2.89. The number of piperazine rings is 1. The number of aromatic nitrogens is 1. The van der Waals surface area contributed by atoms with E-state index in [-0.39, 0.29) is 17.5 Å². The number of pyridine rings is 1. The molecule has 0 spiro atoms. The van der Waals surface area contributed by atoms with Crippen LogP contribution in [0.3, 0.4) is 0 Å². The van der Waals surface area contributed by atoms with Crippen molar-refractivity contribution >= 4 is 17.5 Å². The Morgan fingerprint density at radius 3 is 2.57 bits per heavy atom. The highest BCUT2D eigenvalue weighted by Crippen LogP contribution is 2.24. The van der Waals surface area contributed by atoms with Gasteiger partial charge in [0.15, 0.2) is 0 Å². The van der Waals surface area contributed by atoms with E-state index in [1.54, 1.807) is 12.1 Å². The van der Waals surface area contributed by atoms with Crippen LogP contribution in [0.25, 0.3) is 0 Å². The van der Waals surface area contributed by atoms with Gasteiger partial charge in [0.2, 0.25) is 0 Å². The van der Waals surface area contributed by atoms with Crippen LogP contribution in [0.1, 0.15) is 45.3 Å². The average molecular weight is 380 g/mol. The average Bonchev–Trinajstić information content (AvgIpc) is 2.73. The van der Waals surface area contributed by atoms with Crippen LogP contribution >= 0.6 is 0 Å². The number of amides is 2. The predicted molar refractivity (Wildman–Crippen MR) is 111 cm³/mol. The first-order chi connectivity index (χ1) is 13.5. The van der Waals surface area contributed by atoms with Crippen LogP contribution in [0.2, 0.25) is 0 Å². The summed E-state index contributed by atoms with van der Waals surface area (Å²) in [7, 11) is 0. The topological polar surface area (TPSA) is 65.5 Å². The summed E-state index contributed by atoms with van der Waals surface area (Å²) >= 11 is 0. The van der Waals surface area contributed by atoms with E-state index >= 15 is 0 Å². The molecule has 0 radical (unpaired) electrons. The highest BCUT2D eigenvalue weighted by Gasteiger charge is 2.24. The fraction of sp³-hybridized carbons (Fsp3) is 0.409. The zero-order chi connectivity index (χ0) is 20.1. The number of rotatable bonds is 5. The first-order valence-corrected chi connectivity index (χ1v) is 9.86. The third-order valence-electron chi connectivity index (χ3n) is 5.26. The van der Waals surface area contributed by atoms with Gasteiger partial charge in [0.1, 0.15) is 5.69 Å². The van der Waals surface area contributed by atoms with E-state index in [0.29, 0.717) is 25.2 Å². The number of aryl methyl sites for hydroxylation is 1. The first-order valence-electron chi connectivity index (χ1n) is 9.86. The first kappa shape index (κ1) is 19.9. The van der Waals surface area contributed by atoms with Gasteiger partial charge >= 0.3 is 0 Å². The molecule has 3 rings (SSSR count). The van der Waals surface area contributed by atoms with Crippen LogP contribution in [0, 0.1) is 13.8 Å². The van der Waals surface area contributed by atoms with Crippen molar-refractivity contribution in [3.8, 4) is 0 Å².